The first kappa shape index (κ1) is 40.4. The largest absolute Gasteiger partial charge is 0.476 e. The zero-order chi connectivity index (χ0) is 42.2. The number of carbonyl (C=O) groups is 3. The Morgan fingerprint density at radius 1 is 0.983 bits per heavy atom. The number of hydrazine groups is 1. The highest BCUT2D eigenvalue weighted by molar-refractivity contribution is 5.99. The number of H-pyrrole nitrogens is 2. The van der Waals surface area contributed by atoms with Gasteiger partial charge in [-0.2, -0.15) is 5.26 Å². The van der Waals surface area contributed by atoms with Crippen LogP contribution in [0.3, 0.4) is 0 Å². The van der Waals surface area contributed by atoms with E-state index in [1.807, 2.05) is 99.3 Å². The molecule has 3 unspecified atom stereocenters. The number of amides is 1. The molecule has 8 rings (SSSR count). The highest BCUT2D eigenvalue weighted by atomic mass is 16.5. The van der Waals surface area contributed by atoms with Gasteiger partial charge in [-0.25, -0.2) is 19.8 Å². The number of benzene rings is 3. The first-order valence-corrected chi connectivity index (χ1v) is 20.5. The van der Waals surface area contributed by atoms with Crippen LogP contribution in [0.25, 0.3) is 33.6 Å². The van der Waals surface area contributed by atoms with Gasteiger partial charge in [-0.3, -0.25) is 25.1 Å². The number of likely N-dealkylation sites (tertiary alicyclic amines) is 1. The van der Waals surface area contributed by atoms with Gasteiger partial charge in [0.05, 0.1) is 29.8 Å². The molecule has 0 radical (unpaired) electrons. The molecule has 0 bridgehead atoms. The predicted octanol–water partition coefficient (Wildman–Crippen LogP) is 6.64. The number of nitriles is 1. The third-order valence-corrected chi connectivity index (χ3v) is 12.5. The molecular weight excluding hydrogens is 761 g/mol. The van der Waals surface area contributed by atoms with Crippen molar-refractivity contribution in [1.82, 2.24) is 45.5 Å². The van der Waals surface area contributed by atoms with Crippen molar-refractivity contribution < 1.29 is 24.2 Å². The van der Waals surface area contributed by atoms with Gasteiger partial charge in [-0.1, -0.05) is 88.4 Å². The van der Waals surface area contributed by atoms with Crippen molar-refractivity contribution in [1.29, 1.82) is 5.26 Å². The van der Waals surface area contributed by atoms with E-state index in [0.29, 0.717) is 55.3 Å². The minimum atomic E-state index is -1.41. The summed E-state index contributed by atoms with van der Waals surface area (Å²) in [6.07, 6.45) is 7.90. The number of nitrogens with one attached hydrogen (secondary N) is 4. The van der Waals surface area contributed by atoms with E-state index >= 15 is 4.79 Å². The zero-order valence-electron chi connectivity index (χ0n) is 34.2. The minimum Gasteiger partial charge on any atom is -0.476 e. The molecule has 15 nitrogen and oxygen atoms in total. The van der Waals surface area contributed by atoms with E-state index in [1.165, 1.54) is 5.01 Å². The normalized spacial score (nSPS) is 23.6. The number of aldehydes is 1. The van der Waals surface area contributed by atoms with Gasteiger partial charge in [0.25, 0.3) is 0 Å². The number of ether oxygens (including phenoxy) is 1. The third kappa shape index (κ3) is 6.70. The Balaban J connectivity index is 1.14. The first-order valence-electron chi connectivity index (χ1n) is 20.5. The van der Waals surface area contributed by atoms with Gasteiger partial charge in [0, 0.05) is 23.6 Å². The number of para-hydroxylation sites is 1. The molecule has 5 atom stereocenters. The van der Waals surface area contributed by atoms with Crippen molar-refractivity contribution in [3.05, 3.63) is 103 Å². The molecule has 3 aliphatic rings. The first-order chi connectivity index (χ1) is 29.0. The van der Waals surface area contributed by atoms with Gasteiger partial charge < -0.3 is 19.8 Å². The van der Waals surface area contributed by atoms with Gasteiger partial charge in [-0.05, 0) is 67.5 Å². The molecule has 310 valence electrons. The van der Waals surface area contributed by atoms with E-state index in [1.54, 1.807) is 17.4 Å². The zero-order valence-corrected chi connectivity index (χ0v) is 34.2. The minimum absolute atomic E-state index is 0.0250. The Kier molecular flexibility index (Phi) is 10.8. The predicted molar refractivity (Wildman–Crippen MR) is 223 cm³/mol. The standard InChI is InChI=1S/C45H50N10O5/c1-29(2)44(26-56,52-42(58)59)53-22-11-17-38(53)39-47-24-36(50-39)32-18-19-34(31-13-7-5-8-14-31)35(23-32)37-25-48-41(51-37)43(20-12-21-49-43)40(57)45(30(3)4)54(27-46)55(45)28-60-33-15-9-6-10-16-33/h5-10,13-16,18-19,23-26,29-30,38,49,52H,11-12,17,20-22,28H2,1-4H3,(H,47,50)(H,48,51)(H,58,59)/t38?,43-,44?,45+,54?,55?/m1/s1. The van der Waals surface area contributed by atoms with E-state index in [-0.39, 0.29) is 30.4 Å². The van der Waals surface area contributed by atoms with Crippen molar-refractivity contribution in [2.75, 3.05) is 19.8 Å². The third-order valence-electron chi connectivity index (χ3n) is 12.5. The van der Waals surface area contributed by atoms with Gasteiger partial charge in [0.2, 0.25) is 11.4 Å². The average molecular weight is 811 g/mol. The highest BCUT2D eigenvalue weighted by Crippen LogP contribution is 2.51. The SMILES string of the molecule is CC(C)C(C=O)(NC(=O)O)N1CCCC1c1ncc(-c2ccc(-c3ccccc3)c(-c3cnc([C@]4(C(=O)[C@@]5(C(C)C)N(C#N)N5COc5ccccc5)CCCN4)[nH]3)c2)[nH]1. The molecule has 2 aromatic heterocycles. The second-order valence-corrected chi connectivity index (χ2v) is 16.4. The number of imidazole rings is 2. The molecule has 3 aliphatic heterocycles. The Labute approximate surface area is 348 Å². The summed E-state index contributed by atoms with van der Waals surface area (Å²) in [7, 11) is 0. The molecule has 0 spiro atoms. The lowest BCUT2D eigenvalue weighted by Crippen LogP contribution is -2.64. The van der Waals surface area contributed by atoms with Gasteiger partial charge in [0.1, 0.15) is 22.9 Å². The topological polar surface area (TPSA) is 195 Å². The molecule has 0 saturated carbocycles. The molecule has 3 fully saturated rings. The Morgan fingerprint density at radius 3 is 2.37 bits per heavy atom. The smallest absolute Gasteiger partial charge is 0.406 e. The number of Topliss-reactive ketones (excluding diaryl/α,β-unsaturated/α-hetero) is 1. The van der Waals surface area contributed by atoms with Gasteiger partial charge in [-0.15, -0.1) is 5.01 Å². The second kappa shape index (κ2) is 16.0. The number of ketones is 1. The summed E-state index contributed by atoms with van der Waals surface area (Å²) in [4.78, 5) is 58.3. The second-order valence-electron chi connectivity index (χ2n) is 16.4. The van der Waals surface area contributed by atoms with Crippen LogP contribution in [-0.2, 0) is 15.1 Å². The maximum absolute atomic E-state index is 15.2. The van der Waals surface area contributed by atoms with Crippen LogP contribution in [0.4, 0.5) is 4.79 Å². The number of carboxylic acid groups (broad SMARTS) is 1. The van der Waals surface area contributed by atoms with Crippen LogP contribution in [0.15, 0.2) is 91.3 Å². The van der Waals surface area contributed by atoms with Crippen LogP contribution in [0.2, 0.25) is 0 Å². The lowest BCUT2D eigenvalue weighted by atomic mass is 9.80. The molecule has 0 aliphatic carbocycles. The van der Waals surface area contributed by atoms with Crippen molar-refractivity contribution in [2.45, 2.75) is 76.3 Å². The molecule has 5 aromatic rings. The van der Waals surface area contributed by atoms with Crippen molar-refractivity contribution >= 4 is 18.2 Å². The van der Waals surface area contributed by atoms with Crippen LogP contribution in [-0.4, -0.2) is 89.3 Å². The summed E-state index contributed by atoms with van der Waals surface area (Å²) in [5.74, 6) is 0.991. The van der Waals surface area contributed by atoms with E-state index in [2.05, 4.69) is 38.9 Å². The molecule has 3 aromatic carbocycles. The lowest BCUT2D eigenvalue weighted by Gasteiger charge is -2.43. The summed E-state index contributed by atoms with van der Waals surface area (Å²) in [6, 6.07) is 25.2. The van der Waals surface area contributed by atoms with Crippen LogP contribution in [0.1, 0.15) is 71.1 Å². The summed E-state index contributed by atoms with van der Waals surface area (Å²) in [6.45, 7) is 8.71. The number of hydrogen-bond donors (Lipinski definition) is 5. The fourth-order valence-corrected chi connectivity index (χ4v) is 9.37. The summed E-state index contributed by atoms with van der Waals surface area (Å²) in [5.41, 5.74) is 1.23. The number of hydrogen-bond acceptors (Lipinski definition) is 11. The molecule has 60 heavy (non-hydrogen) atoms. The summed E-state index contributed by atoms with van der Waals surface area (Å²) < 4.78 is 6.05. The Morgan fingerprint density at radius 2 is 1.72 bits per heavy atom. The quantitative estimate of drug-likeness (QED) is 0.0431. The number of rotatable bonds is 15. The van der Waals surface area contributed by atoms with E-state index in [0.717, 1.165) is 40.8 Å². The number of nitrogens with zero attached hydrogens (tertiary/aromatic N) is 6. The number of carbonyl (C=O) groups excluding carboxylic acids is 2. The fraction of sp³-hybridized carbons (Fsp3) is 0.378. The van der Waals surface area contributed by atoms with Crippen molar-refractivity contribution in [3.63, 3.8) is 0 Å². The van der Waals surface area contributed by atoms with Crippen LogP contribution in [0, 0.1) is 23.3 Å². The van der Waals surface area contributed by atoms with E-state index in [4.69, 9.17) is 14.7 Å². The maximum atomic E-state index is 15.2. The Bertz CT molecular complexity index is 2400. The highest BCUT2D eigenvalue weighted by Gasteiger charge is 2.73. The molecule has 5 N–H and O–H groups in total. The maximum Gasteiger partial charge on any atom is 0.406 e. The fourth-order valence-electron chi connectivity index (χ4n) is 9.37. The molecule has 1 amide bonds. The lowest BCUT2D eigenvalue weighted by molar-refractivity contribution is -0.131. The summed E-state index contributed by atoms with van der Waals surface area (Å²) >= 11 is 0. The molecule has 3 saturated heterocycles. The van der Waals surface area contributed by atoms with Crippen molar-refractivity contribution in [3.8, 4) is 45.6 Å². The molecular formula is C45H50N10O5. The molecule has 15 heteroatoms. The van der Waals surface area contributed by atoms with E-state index in [9.17, 15) is 20.0 Å². The van der Waals surface area contributed by atoms with Crippen molar-refractivity contribution in [2.24, 2.45) is 11.8 Å². The average Bonchev–Trinajstić information content (AvgIpc) is 3.96. The van der Waals surface area contributed by atoms with Gasteiger partial charge >= 0.3 is 6.09 Å². The molecule has 5 heterocycles. The number of aromatic nitrogens is 4. The summed E-state index contributed by atoms with van der Waals surface area (Å²) in [5, 5.41) is 29.2. The monoisotopic (exact) mass is 810 g/mol. The van der Waals surface area contributed by atoms with Gasteiger partial charge in [0.15, 0.2) is 24.9 Å². The van der Waals surface area contributed by atoms with E-state index < -0.39 is 23.0 Å². The number of aromatic amines is 2. The van der Waals surface area contributed by atoms with Crippen LogP contribution < -0.4 is 15.4 Å². The van der Waals surface area contributed by atoms with Crippen LogP contribution >= 0.6 is 0 Å². The Hall–Kier alpha value is -6.34. The van der Waals surface area contributed by atoms with Crippen LogP contribution in [0.5, 0.6) is 5.75 Å².